The van der Waals surface area contributed by atoms with Gasteiger partial charge in [0.15, 0.2) is 0 Å². The van der Waals surface area contributed by atoms with Crippen LogP contribution in [0.2, 0.25) is 5.02 Å². The average molecular weight is 373 g/mol. The summed E-state index contributed by atoms with van der Waals surface area (Å²) in [5, 5.41) is 6.38. The molecule has 2 N–H and O–H groups in total. The summed E-state index contributed by atoms with van der Waals surface area (Å²) in [7, 11) is 0. The van der Waals surface area contributed by atoms with E-state index in [-0.39, 0.29) is 17.9 Å². The van der Waals surface area contributed by atoms with E-state index in [4.69, 9.17) is 16.3 Å². The molecule has 3 rings (SSSR count). The van der Waals surface area contributed by atoms with Crippen molar-refractivity contribution in [1.29, 1.82) is 0 Å². The zero-order chi connectivity index (χ0) is 18.5. The number of carbonyl (C=O) groups is 2. The Morgan fingerprint density at radius 2 is 2.00 bits per heavy atom. The van der Waals surface area contributed by atoms with E-state index in [1.165, 1.54) is 0 Å². The number of ether oxygens (including phenoxy) is 1. The SMILES string of the molecule is CC(NC(=O)c1cccc(NC(=O)C2CCCO2)c1)c1cccc(Cl)c1. The average Bonchev–Trinajstić information content (AvgIpc) is 3.16. The summed E-state index contributed by atoms with van der Waals surface area (Å²) in [6, 6.07) is 14.1. The second kappa shape index (κ2) is 8.34. The van der Waals surface area contributed by atoms with Crippen LogP contribution in [0.4, 0.5) is 5.69 Å². The predicted octanol–water partition coefficient (Wildman–Crippen LogP) is 3.95. The highest BCUT2D eigenvalue weighted by molar-refractivity contribution is 6.30. The fraction of sp³-hybridized carbons (Fsp3) is 0.300. The highest BCUT2D eigenvalue weighted by Crippen LogP contribution is 2.19. The number of benzene rings is 2. The summed E-state index contributed by atoms with van der Waals surface area (Å²) in [4.78, 5) is 24.7. The molecule has 1 aliphatic heterocycles. The molecule has 1 saturated heterocycles. The van der Waals surface area contributed by atoms with Crippen LogP contribution in [0.3, 0.4) is 0 Å². The summed E-state index contributed by atoms with van der Waals surface area (Å²) in [5.41, 5.74) is 1.98. The van der Waals surface area contributed by atoms with Crippen molar-refractivity contribution in [2.75, 3.05) is 11.9 Å². The summed E-state index contributed by atoms with van der Waals surface area (Å²) in [5.74, 6) is -0.391. The third kappa shape index (κ3) is 4.62. The minimum atomic E-state index is -0.407. The van der Waals surface area contributed by atoms with E-state index >= 15 is 0 Å². The fourth-order valence-electron chi connectivity index (χ4n) is 2.88. The maximum Gasteiger partial charge on any atom is 0.253 e. The Morgan fingerprint density at radius 3 is 2.73 bits per heavy atom. The maximum absolute atomic E-state index is 12.5. The molecule has 1 aliphatic rings. The van der Waals surface area contributed by atoms with Gasteiger partial charge in [-0.05, 0) is 55.7 Å². The minimum Gasteiger partial charge on any atom is -0.368 e. The van der Waals surface area contributed by atoms with Crippen molar-refractivity contribution >= 4 is 29.1 Å². The molecule has 26 heavy (non-hydrogen) atoms. The van der Waals surface area contributed by atoms with E-state index in [1.54, 1.807) is 30.3 Å². The molecule has 0 aromatic heterocycles. The second-order valence-electron chi connectivity index (χ2n) is 6.32. The van der Waals surface area contributed by atoms with Gasteiger partial charge >= 0.3 is 0 Å². The van der Waals surface area contributed by atoms with E-state index in [0.29, 0.717) is 22.9 Å². The molecule has 2 aromatic carbocycles. The first-order chi connectivity index (χ1) is 12.5. The van der Waals surface area contributed by atoms with Gasteiger partial charge in [-0.15, -0.1) is 0 Å². The van der Waals surface area contributed by atoms with Gasteiger partial charge in [-0.25, -0.2) is 0 Å². The lowest BCUT2D eigenvalue weighted by Gasteiger charge is -2.15. The Kier molecular flexibility index (Phi) is 5.91. The molecule has 0 saturated carbocycles. The molecule has 2 unspecified atom stereocenters. The molecule has 5 nitrogen and oxygen atoms in total. The lowest BCUT2D eigenvalue weighted by molar-refractivity contribution is -0.124. The van der Waals surface area contributed by atoms with Crippen LogP contribution < -0.4 is 10.6 Å². The lowest BCUT2D eigenvalue weighted by atomic mass is 10.1. The quantitative estimate of drug-likeness (QED) is 0.835. The predicted molar refractivity (Wildman–Crippen MR) is 101 cm³/mol. The van der Waals surface area contributed by atoms with Crippen LogP contribution >= 0.6 is 11.6 Å². The number of rotatable bonds is 5. The standard InChI is InChI=1S/C20H21ClN2O3/c1-13(14-5-2-7-16(21)11-14)22-19(24)15-6-3-8-17(12-15)23-20(25)18-9-4-10-26-18/h2-3,5-8,11-13,18H,4,9-10H2,1H3,(H,22,24)(H,23,25). The van der Waals surface area contributed by atoms with Crippen LogP contribution in [0.15, 0.2) is 48.5 Å². The first-order valence-corrected chi connectivity index (χ1v) is 8.99. The molecule has 6 heteroatoms. The second-order valence-corrected chi connectivity index (χ2v) is 6.76. The van der Waals surface area contributed by atoms with Crippen molar-refractivity contribution in [1.82, 2.24) is 5.32 Å². The van der Waals surface area contributed by atoms with Crippen LogP contribution in [0.25, 0.3) is 0 Å². The first-order valence-electron chi connectivity index (χ1n) is 8.62. The maximum atomic E-state index is 12.5. The number of anilines is 1. The molecule has 0 bridgehead atoms. The molecule has 0 aliphatic carbocycles. The molecule has 136 valence electrons. The van der Waals surface area contributed by atoms with E-state index in [0.717, 1.165) is 18.4 Å². The van der Waals surface area contributed by atoms with Gasteiger partial charge in [0, 0.05) is 22.9 Å². The number of halogens is 1. The van der Waals surface area contributed by atoms with Crippen molar-refractivity contribution < 1.29 is 14.3 Å². The highest BCUT2D eigenvalue weighted by Gasteiger charge is 2.23. The number of nitrogens with one attached hydrogen (secondary N) is 2. The zero-order valence-corrected chi connectivity index (χ0v) is 15.3. The molecule has 0 spiro atoms. The van der Waals surface area contributed by atoms with Gasteiger partial charge in [0.1, 0.15) is 6.10 Å². The van der Waals surface area contributed by atoms with E-state index in [9.17, 15) is 9.59 Å². The van der Waals surface area contributed by atoms with Gasteiger partial charge in [0.2, 0.25) is 0 Å². The van der Waals surface area contributed by atoms with Gasteiger partial charge < -0.3 is 15.4 Å². The van der Waals surface area contributed by atoms with Crippen molar-refractivity contribution in [3.8, 4) is 0 Å². The molecule has 2 atom stereocenters. The van der Waals surface area contributed by atoms with Gasteiger partial charge in [0.25, 0.3) is 11.8 Å². The molecule has 0 radical (unpaired) electrons. The number of hydrogen-bond donors (Lipinski definition) is 2. The van der Waals surface area contributed by atoms with Gasteiger partial charge in [0.05, 0.1) is 6.04 Å². The van der Waals surface area contributed by atoms with Crippen LogP contribution in [-0.4, -0.2) is 24.5 Å². The van der Waals surface area contributed by atoms with Gasteiger partial charge in [-0.2, -0.15) is 0 Å². The van der Waals surface area contributed by atoms with Crippen molar-refractivity contribution in [2.45, 2.75) is 31.9 Å². The molecule has 2 aromatic rings. The Hall–Kier alpha value is -2.37. The van der Waals surface area contributed by atoms with E-state index < -0.39 is 6.10 Å². The number of amides is 2. The number of hydrogen-bond acceptors (Lipinski definition) is 3. The summed E-state index contributed by atoms with van der Waals surface area (Å²) in [6.45, 7) is 2.51. The van der Waals surface area contributed by atoms with Gasteiger partial charge in [-0.1, -0.05) is 29.8 Å². The third-order valence-electron chi connectivity index (χ3n) is 4.31. The third-order valence-corrected chi connectivity index (χ3v) is 4.55. The van der Waals surface area contributed by atoms with Crippen molar-refractivity contribution in [2.24, 2.45) is 0 Å². The Balaban J connectivity index is 1.65. The normalized spacial score (nSPS) is 17.5. The minimum absolute atomic E-state index is 0.174. The van der Waals surface area contributed by atoms with Crippen molar-refractivity contribution in [3.63, 3.8) is 0 Å². The van der Waals surface area contributed by atoms with Gasteiger partial charge in [-0.3, -0.25) is 9.59 Å². The molecular formula is C20H21ClN2O3. The fourth-order valence-corrected chi connectivity index (χ4v) is 3.08. The van der Waals surface area contributed by atoms with E-state index in [1.807, 2.05) is 25.1 Å². The Bertz CT molecular complexity index is 803. The topological polar surface area (TPSA) is 67.4 Å². The first kappa shape index (κ1) is 18.4. The van der Waals surface area contributed by atoms with Crippen LogP contribution in [-0.2, 0) is 9.53 Å². The van der Waals surface area contributed by atoms with Crippen LogP contribution in [0, 0.1) is 0 Å². The zero-order valence-electron chi connectivity index (χ0n) is 14.5. The summed E-state index contributed by atoms with van der Waals surface area (Å²) >= 11 is 6.00. The largest absolute Gasteiger partial charge is 0.368 e. The van der Waals surface area contributed by atoms with Crippen LogP contribution in [0.1, 0.15) is 41.7 Å². The summed E-state index contributed by atoms with van der Waals surface area (Å²) in [6.07, 6.45) is 1.21. The molecule has 2 amide bonds. The Labute approximate surface area is 157 Å². The Morgan fingerprint density at radius 1 is 1.19 bits per heavy atom. The number of carbonyl (C=O) groups excluding carboxylic acids is 2. The van der Waals surface area contributed by atoms with E-state index in [2.05, 4.69) is 10.6 Å². The highest BCUT2D eigenvalue weighted by atomic mass is 35.5. The summed E-state index contributed by atoms with van der Waals surface area (Å²) < 4.78 is 5.37. The molecule has 1 fully saturated rings. The van der Waals surface area contributed by atoms with Crippen molar-refractivity contribution in [3.05, 3.63) is 64.7 Å². The smallest absolute Gasteiger partial charge is 0.253 e. The molecular weight excluding hydrogens is 352 g/mol. The lowest BCUT2D eigenvalue weighted by Crippen LogP contribution is -2.28. The monoisotopic (exact) mass is 372 g/mol. The molecule has 1 heterocycles. The van der Waals surface area contributed by atoms with Crippen LogP contribution in [0.5, 0.6) is 0 Å².